The monoisotopic (exact) mass is 796 g/mol. The molecule has 0 spiro atoms. The summed E-state index contributed by atoms with van der Waals surface area (Å²) in [4.78, 5) is 22.4. The fraction of sp³-hybridized carbons (Fsp3) is 0.511. The molecule has 56 heavy (non-hydrogen) atoms. The summed E-state index contributed by atoms with van der Waals surface area (Å²) >= 11 is 0. The summed E-state index contributed by atoms with van der Waals surface area (Å²) in [6, 6.07) is 0. The zero-order chi connectivity index (χ0) is 40.9. The largest absolute Gasteiger partial charge is 0.472 e. The van der Waals surface area contributed by atoms with E-state index in [1.807, 2.05) is 0 Å². The molecular weight excluding hydrogens is 721 g/mol. The SMILES string of the molecule is CC/C=C\C/C=C\C/C=C\C/C=C\C/C=C\C/C=C\C/C=C\CCCC(=O)OC(COCCC/C=C\C/C=C\C/C=C\C/C=C\CC)COP(=O)(O)OCCN. The minimum atomic E-state index is -4.32. The van der Waals surface area contributed by atoms with Gasteiger partial charge in [-0.3, -0.25) is 13.8 Å². The highest BCUT2D eigenvalue weighted by molar-refractivity contribution is 7.47. The second-order valence-corrected chi connectivity index (χ2v) is 14.2. The van der Waals surface area contributed by atoms with Gasteiger partial charge in [0.2, 0.25) is 0 Å². The fourth-order valence-electron chi connectivity index (χ4n) is 4.63. The maximum atomic E-state index is 12.6. The van der Waals surface area contributed by atoms with Crippen molar-refractivity contribution in [2.24, 2.45) is 5.73 Å². The van der Waals surface area contributed by atoms with Gasteiger partial charge in [-0.05, 0) is 96.3 Å². The summed E-state index contributed by atoms with van der Waals surface area (Å²) in [6.07, 6.45) is 60.6. The maximum Gasteiger partial charge on any atom is 0.472 e. The van der Waals surface area contributed by atoms with Crippen molar-refractivity contribution < 1.29 is 32.8 Å². The number of phosphoric acid groups is 1. The Morgan fingerprint density at radius 1 is 0.536 bits per heavy atom. The molecule has 0 aromatic rings. The van der Waals surface area contributed by atoms with Crippen LogP contribution in [0.5, 0.6) is 0 Å². The lowest BCUT2D eigenvalue weighted by atomic mass is 10.2. The first-order chi connectivity index (χ1) is 27.4. The van der Waals surface area contributed by atoms with Crippen molar-refractivity contribution in [3.05, 3.63) is 134 Å². The number of hydrogen-bond acceptors (Lipinski definition) is 7. The number of allylic oxidation sites excluding steroid dienone is 22. The van der Waals surface area contributed by atoms with E-state index < -0.39 is 19.9 Å². The molecule has 0 aliphatic heterocycles. The number of phosphoric ester groups is 1. The standard InChI is InChI=1S/C47H74NO7P/c1-3-5-7-9-11-13-15-17-19-20-21-22-23-24-25-26-27-28-30-32-34-36-38-40-47(49)55-46(45-54-56(50,51)53-43-41-48)44-52-42-39-37-35-33-31-29-18-16-14-12-10-8-6-4-2/h5-8,11-14,17-19,21-22,24-25,27-29,32-35,46H,3-4,9-10,15-16,20,23,26,30-31,36-45,48H2,1-2H3,(H,50,51)/b7-5-,8-6-,13-11-,14-12-,19-17-,22-21-,25-24-,28-27-,29-18-,34-32-,35-33-. The molecule has 0 aliphatic carbocycles. The quantitative estimate of drug-likeness (QED) is 0.0276. The summed E-state index contributed by atoms with van der Waals surface area (Å²) < 4.78 is 33.2. The van der Waals surface area contributed by atoms with Crippen LogP contribution in [0.1, 0.15) is 117 Å². The van der Waals surface area contributed by atoms with E-state index in [1.165, 1.54) is 0 Å². The predicted molar refractivity (Wildman–Crippen MR) is 237 cm³/mol. The van der Waals surface area contributed by atoms with Gasteiger partial charge in [0.15, 0.2) is 0 Å². The maximum absolute atomic E-state index is 12.6. The fourth-order valence-corrected chi connectivity index (χ4v) is 5.40. The molecule has 3 N–H and O–H groups in total. The minimum Gasteiger partial charge on any atom is -0.457 e. The van der Waals surface area contributed by atoms with Crippen LogP contribution in [0.2, 0.25) is 0 Å². The molecule has 9 heteroatoms. The van der Waals surface area contributed by atoms with Crippen LogP contribution in [0.3, 0.4) is 0 Å². The molecule has 0 rings (SSSR count). The third-order valence-electron chi connectivity index (χ3n) is 7.56. The second-order valence-electron chi connectivity index (χ2n) is 12.7. The highest BCUT2D eigenvalue weighted by Gasteiger charge is 2.25. The minimum absolute atomic E-state index is 0.0443. The van der Waals surface area contributed by atoms with Gasteiger partial charge in [0.25, 0.3) is 0 Å². The van der Waals surface area contributed by atoms with Gasteiger partial charge in [0, 0.05) is 19.6 Å². The van der Waals surface area contributed by atoms with Crippen molar-refractivity contribution in [1.82, 2.24) is 0 Å². The van der Waals surface area contributed by atoms with E-state index in [4.69, 9.17) is 24.3 Å². The molecule has 0 fully saturated rings. The zero-order valence-electron chi connectivity index (χ0n) is 34.5. The molecule has 0 saturated heterocycles. The average Bonchev–Trinajstić information content (AvgIpc) is 3.19. The van der Waals surface area contributed by atoms with E-state index in [0.29, 0.717) is 13.0 Å². The van der Waals surface area contributed by atoms with Gasteiger partial charge >= 0.3 is 13.8 Å². The molecule has 0 aromatic heterocycles. The number of unbranched alkanes of at least 4 members (excludes halogenated alkanes) is 2. The molecular formula is C47H74NO7P. The van der Waals surface area contributed by atoms with Crippen molar-refractivity contribution in [3.63, 3.8) is 0 Å². The Morgan fingerprint density at radius 3 is 1.30 bits per heavy atom. The lowest BCUT2D eigenvalue weighted by Gasteiger charge is -2.20. The molecule has 2 atom stereocenters. The van der Waals surface area contributed by atoms with Crippen LogP contribution >= 0.6 is 7.82 Å². The number of carbonyl (C=O) groups excluding carboxylic acids is 1. The average molecular weight is 796 g/mol. The number of esters is 1. The van der Waals surface area contributed by atoms with Gasteiger partial charge in [-0.25, -0.2) is 4.57 Å². The van der Waals surface area contributed by atoms with Gasteiger partial charge in [-0.1, -0.05) is 148 Å². The van der Waals surface area contributed by atoms with Crippen molar-refractivity contribution in [2.75, 3.05) is 33.0 Å². The lowest BCUT2D eigenvalue weighted by Crippen LogP contribution is -2.28. The van der Waals surface area contributed by atoms with Crippen molar-refractivity contribution in [2.45, 2.75) is 123 Å². The number of rotatable bonds is 37. The molecule has 0 radical (unpaired) electrons. The number of hydrogen-bond donors (Lipinski definition) is 2. The topological polar surface area (TPSA) is 117 Å². The highest BCUT2D eigenvalue weighted by Crippen LogP contribution is 2.43. The van der Waals surface area contributed by atoms with Crippen LogP contribution in [-0.4, -0.2) is 49.9 Å². The van der Waals surface area contributed by atoms with Gasteiger partial charge in [-0.2, -0.15) is 0 Å². The molecule has 8 nitrogen and oxygen atoms in total. The second kappa shape index (κ2) is 42.8. The summed E-state index contributed by atoms with van der Waals surface area (Å²) in [5.41, 5.74) is 5.35. The van der Waals surface area contributed by atoms with Crippen molar-refractivity contribution in [1.29, 1.82) is 0 Å². The van der Waals surface area contributed by atoms with Crippen molar-refractivity contribution >= 4 is 13.8 Å². The summed E-state index contributed by atoms with van der Waals surface area (Å²) in [5, 5.41) is 0. The van der Waals surface area contributed by atoms with E-state index in [-0.39, 0.29) is 32.8 Å². The molecule has 0 amide bonds. The van der Waals surface area contributed by atoms with Crippen LogP contribution in [-0.2, 0) is 27.9 Å². The lowest BCUT2D eigenvalue weighted by molar-refractivity contribution is -0.154. The molecule has 0 bridgehead atoms. The molecule has 0 aromatic carbocycles. The van der Waals surface area contributed by atoms with E-state index in [9.17, 15) is 14.3 Å². The van der Waals surface area contributed by atoms with Gasteiger partial charge in [-0.15, -0.1) is 0 Å². The van der Waals surface area contributed by atoms with E-state index >= 15 is 0 Å². The summed E-state index contributed by atoms with van der Waals surface area (Å²) in [7, 11) is -4.32. The van der Waals surface area contributed by atoms with Crippen LogP contribution < -0.4 is 5.73 Å². The van der Waals surface area contributed by atoms with Crippen molar-refractivity contribution in [3.8, 4) is 0 Å². The van der Waals surface area contributed by atoms with Crippen LogP contribution in [0.25, 0.3) is 0 Å². The highest BCUT2D eigenvalue weighted by atomic mass is 31.2. The predicted octanol–water partition coefficient (Wildman–Crippen LogP) is 12.4. The Kier molecular flexibility index (Phi) is 40.2. The molecule has 2 unspecified atom stereocenters. The first-order valence-electron chi connectivity index (χ1n) is 20.7. The van der Waals surface area contributed by atoms with Gasteiger partial charge in [0.1, 0.15) is 6.10 Å². The molecule has 0 aliphatic rings. The summed E-state index contributed by atoms with van der Waals surface area (Å²) in [6.45, 7) is 4.40. The van der Waals surface area contributed by atoms with Gasteiger partial charge < -0.3 is 20.1 Å². The van der Waals surface area contributed by atoms with Gasteiger partial charge in [0.05, 0.1) is 19.8 Å². The smallest absolute Gasteiger partial charge is 0.457 e. The Morgan fingerprint density at radius 2 is 0.911 bits per heavy atom. The number of ether oxygens (including phenoxy) is 2. The Balaban J connectivity index is 4.29. The molecule has 0 heterocycles. The van der Waals surface area contributed by atoms with Crippen LogP contribution in [0.4, 0.5) is 0 Å². The first kappa shape index (κ1) is 52.6. The van der Waals surface area contributed by atoms with E-state index in [2.05, 4.69) is 148 Å². The summed E-state index contributed by atoms with van der Waals surface area (Å²) in [5.74, 6) is -0.414. The number of carbonyl (C=O) groups is 1. The van der Waals surface area contributed by atoms with Crippen LogP contribution in [0, 0.1) is 0 Å². The van der Waals surface area contributed by atoms with E-state index in [1.54, 1.807) is 0 Å². The Bertz CT molecular complexity index is 1300. The molecule has 0 saturated carbocycles. The normalized spacial score (nSPS) is 14.9. The first-order valence-corrected chi connectivity index (χ1v) is 22.2. The number of nitrogens with two attached hydrogens (primary N) is 1. The van der Waals surface area contributed by atoms with E-state index in [0.717, 1.165) is 89.9 Å². The van der Waals surface area contributed by atoms with Crippen LogP contribution in [0.15, 0.2) is 134 Å². The molecule has 314 valence electrons. The Hall–Kier alpha value is -3.36. The third-order valence-corrected chi connectivity index (χ3v) is 8.55. The zero-order valence-corrected chi connectivity index (χ0v) is 35.4. The third kappa shape index (κ3) is 41.8. The Labute approximate surface area is 340 Å².